The van der Waals surface area contributed by atoms with Crippen molar-refractivity contribution >= 4 is 5.97 Å². The fraction of sp³-hybridized carbons (Fsp3) is 0.214. The molecule has 0 saturated carbocycles. The molecule has 0 fully saturated rings. The van der Waals surface area contributed by atoms with Crippen LogP contribution in [0.15, 0.2) is 35.4 Å². The summed E-state index contributed by atoms with van der Waals surface area (Å²) in [5.74, 6) is -0.807. The van der Waals surface area contributed by atoms with E-state index in [1.165, 1.54) is 36.1 Å². The van der Waals surface area contributed by atoms with Crippen molar-refractivity contribution in [3.05, 3.63) is 46.5 Å². The average Bonchev–Trinajstić information content (AvgIpc) is 2.49. The topological polar surface area (TPSA) is 90.7 Å². The number of carboxylic acids is 1. The lowest BCUT2D eigenvalue weighted by Crippen LogP contribution is -2.20. The maximum absolute atomic E-state index is 12.0. The third-order valence-corrected chi connectivity index (χ3v) is 2.84. The van der Waals surface area contributed by atoms with E-state index in [4.69, 9.17) is 14.6 Å². The summed E-state index contributed by atoms with van der Waals surface area (Å²) in [6.45, 7) is 2.29. The Kier molecular flexibility index (Phi) is 4.22. The SMILES string of the molecule is CCn1ccnc(Oc2cc(C(=O)O)ccc2OC)c1=O. The van der Waals surface area contributed by atoms with Gasteiger partial charge < -0.3 is 19.1 Å². The Balaban J connectivity index is 2.45. The van der Waals surface area contributed by atoms with Crippen LogP contribution >= 0.6 is 0 Å². The standard InChI is InChI=1S/C14H14N2O5/c1-3-16-7-6-15-12(13(16)17)21-11-8-9(14(18)19)4-5-10(11)20-2/h4-8H,3H2,1-2H3,(H,18,19). The lowest BCUT2D eigenvalue weighted by molar-refractivity contribution is 0.0696. The number of aromatic nitrogens is 2. The predicted octanol–water partition coefficient (Wildman–Crippen LogP) is 1.76. The number of benzene rings is 1. The molecule has 21 heavy (non-hydrogen) atoms. The molecule has 1 heterocycles. The van der Waals surface area contributed by atoms with Gasteiger partial charge in [-0.25, -0.2) is 9.78 Å². The number of methoxy groups -OCH3 is 1. The lowest BCUT2D eigenvalue weighted by Gasteiger charge is -2.10. The van der Waals surface area contributed by atoms with E-state index < -0.39 is 11.5 Å². The second-order valence-corrected chi connectivity index (χ2v) is 4.10. The van der Waals surface area contributed by atoms with Crippen molar-refractivity contribution in [3.8, 4) is 17.4 Å². The van der Waals surface area contributed by atoms with Crippen LogP contribution in [0, 0.1) is 0 Å². The number of rotatable bonds is 5. The van der Waals surface area contributed by atoms with E-state index in [1.807, 2.05) is 6.92 Å². The number of hydrogen-bond donors (Lipinski definition) is 1. The number of carbonyl (C=O) groups is 1. The molecular weight excluding hydrogens is 276 g/mol. The van der Waals surface area contributed by atoms with Crippen LogP contribution in [0.3, 0.4) is 0 Å². The fourth-order valence-electron chi connectivity index (χ4n) is 1.74. The highest BCUT2D eigenvalue weighted by molar-refractivity contribution is 5.88. The van der Waals surface area contributed by atoms with Gasteiger partial charge >= 0.3 is 11.5 Å². The van der Waals surface area contributed by atoms with Gasteiger partial charge in [-0.2, -0.15) is 0 Å². The lowest BCUT2D eigenvalue weighted by atomic mass is 10.2. The van der Waals surface area contributed by atoms with Gasteiger partial charge in [0.05, 0.1) is 12.7 Å². The molecule has 7 heteroatoms. The second kappa shape index (κ2) is 6.08. The summed E-state index contributed by atoms with van der Waals surface area (Å²) in [6, 6.07) is 4.13. The van der Waals surface area contributed by atoms with Crippen molar-refractivity contribution in [3.63, 3.8) is 0 Å². The number of ether oxygens (including phenoxy) is 2. The van der Waals surface area contributed by atoms with Crippen molar-refractivity contribution in [2.75, 3.05) is 7.11 Å². The second-order valence-electron chi connectivity index (χ2n) is 4.10. The number of hydrogen-bond acceptors (Lipinski definition) is 5. The molecular formula is C14H14N2O5. The van der Waals surface area contributed by atoms with Gasteiger partial charge in [0.2, 0.25) is 0 Å². The maximum Gasteiger partial charge on any atom is 0.335 e. The van der Waals surface area contributed by atoms with E-state index in [2.05, 4.69) is 4.98 Å². The minimum atomic E-state index is -1.10. The molecule has 0 amide bonds. The fourth-order valence-corrected chi connectivity index (χ4v) is 1.74. The summed E-state index contributed by atoms with van der Waals surface area (Å²) in [5, 5.41) is 9.00. The molecule has 2 rings (SSSR count). The van der Waals surface area contributed by atoms with Gasteiger partial charge in [-0.3, -0.25) is 4.79 Å². The van der Waals surface area contributed by atoms with Crippen molar-refractivity contribution in [2.45, 2.75) is 13.5 Å². The molecule has 2 aromatic rings. The Labute approximate surface area is 120 Å². The molecule has 1 aromatic heterocycles. The largest absolute Gasteiger partial charge is 0.493 e. The first-order chi connectivity index (χ1) is 10.1. The monoisotopic (exact) mass is 290 g/mol. The van der Waals surface area contributed by atoms with Gasteiger partial charge in [0.25, 0.3) is 5.88 Å². The summed E-state index contributed by atoms with van der Waals surface area (Å²) >= 11 is 0. The molecule has 0 unspecified atom stereocenters. The van der Waals surface area contributed by atoms with Crippen LogP contribution in [0.4, 0.5) is 0 Å². The normalized spacial score (nSPS) is 10.2. The smallest absolute Gasteiger partial charge is 0.335 e. The van der Waals surface area contributed by atoms with Gasteiger partial charge in [0.15, 0.2) is 11.5 Å². The highest BCUT2D eigenvalue weighted by atomic mass is 16.5. The van der Waals surface area contributed by atoms with Gasteiger partial charge in [0, 0.05) is 18.9 Å². The first-order valence-corrected chi connectivity index (χ1v) is 6.21. The highest BCUT2D eigenvalue weighted by Gasteiger charge is 2.14. The number of carboxylic acid groups (broad SMARTS) is 1. The first kappa shape index (κ1) is 14.6. The third-order valence-electron chi connectivity index (χ3n) is 2.84. The van der Waals surface area contributed by atoms with Crippen LogP contribution in [0.1, 0.15) is 17.3 Å². The van der Waals surface area contributed by atoms with Crippen LogP contribution in [0.25, 0.3) is 0 Å². The van der Waals surface area contributed by atoms with Crippen molar-refractivity contribution in [1.29, 1.82) is 0 Å². The third kappa shape index (κ3) is 3.02. The van der Waals surface area contributed by atoms with Gasteiger partial charge in [0.1, 0.15) is 0 Å². The Morgan fingerprint density at radius 2 is 2.14 bits per heavy atom. The zero-order valence-corrected chi connectivity index (χ0v) is 11.6. The van der Waals surface area contributed by atoms with Gasteiger partial charge in [-0.1, -0.05) is 0 Å². The van der Waals surface area contributed by atoms with Crippen molar-refractivity contribution < 1.29 is 19.4 Å². The Morgan fingerprint density at radius 3 is 2.76 bits per heavy atom. The van der Waals surface area contributed by atoms with Crippen molar-refractivity contribution in [1.82, 2.24) is 9.55 Å². The number of nitrogens with zero attached hydrogens (tertiary/aromatic N) is 2. The summed E-state index contributed by atoms with van der Waals surface area (Å²) in [4.78, 5) is 26.9. The number of aromatic carboxylic acids is 1. The van der Waals surface area contributed by atoms with E-state index >= 15 is 0 Å². The Bertz CT molecular complexity index is 724. The van der Waals surface area contributed by atoms with E-state index in [0.717, 1.165) is 0 Å². The van der Waals surface area contributed by atoms with Crippen LogP contribution in [-0.4, -0.2) is 27.7 Å². The summed E-state index contributed by atoms with van der Waals surface area (Å²) in [6.07, 6.45) is 2.98. The molecule has 0 radical (unpaired) electrons. The average molecular weight is 290 g/mol. The minimum Gasteiger partial charge on any atom is -0.493 e. The van der Waals surface area contributed by atoms with E-state index in [9.17, 15) is 9.59 Å². The molecule has 1 N–H and O–H groups in total. The summed E-state index contributed by atoms with van der Waals surface area (Å²) in [7, 11) is 1.42. The van der Waals surface area contributed by atoms with E-state index in [-0.39, 0.29) is 17.2 Å². The minimum absolute atomic E-state index is 0.0255. The molecule has 1 aromatic carbocycles. The Morgan fingerprint density at radius 1 is 1.38 bits per heavy atom. The first-order valence-electron chi connectivity index (χ1n) is 6.21. The predicted molar refractivity (Wildman–Crippen MR) is 74.2 cm³/mol. The van der Waals surface area contributed by atoms with Crippen LogP contribution in [0.2, 0.25) is 0 Å². The summed E-state index contributed by atoms with van der Waals surface area (Å²) < 4.78 is 12.0. The molecule has 7 nitrogen and oxygen atoms in total. The van der Waals surface area contributed by atoms with Crippen LogP contribution in [0.5, 0.6) is 17.4 Å². The molecule has 0 bridgehead atoms. The molecule has 0 aliphatic carbocycles. The molecule has 0 aliphatic heterocycles. The molecule has 110 valence electrons. The quantitative estimate of drug-likeness (QED) is 0.902. The van der Waals surface area contributed by atoms with Crippen molar-refractivity contribution in [2.24, 2.45) is 0 Å². The van der Waals surface area contributed by atoms with E-state index in [0.29, 0.717) is 12.3 Å². The molecule has 0 saturated heterocycles. The van der Waals surface area contributed by atoms with Crippen LogP contribution in [-0.2, 0) is 6.54 Å². The molecule has 0 aliphatic rings. The maximum atomic E-state index is 12.0. The van der Waals surface area contributed by atoms with Gasteiger partial charge in [-0.15, -0.1) is 0 Å². The highest BCUT2D eigenvalue weighted by Crippen LogP contribution is 2.30. The van der Waals surface area contributed by atoms with E-state index in [1.54, 1.807) is 6.20 Å². The zero-order chi connectivity index (χ0) is 15.4. The Hall–Kier alpha value is -2.83. The molecule has 0 spiro atoms. The number of aryl methyl sites for hydroxylation is 1. The summed E-state index contributed by atoms with van der Waals surface area (Å²) in [5.41, 5.74) is -0.375. The van der Waals surface area contributed by atoms with Crippen LogP contribution < -0.4 is 15.0 Å². The van der Waals surface area contributed by atoms with Gasteiger partial charge in [-0.05, 0) is 25.1 Å². The molecule has 0 atom stereocenters. The zero-order valence-electron chi connectivity index (χ0n) is 11.6.